The van der Waals surface area contributed by atoms with Gasteiger partial charge in [-0.3, -0.25) is 0 Å². The van der Waals surface area contributed by atoms with Crippen LogP contribution in [0.5, 0.6) is 0 Å². The molecule has 62 heavy (non-hydrogen) atoms. The Kier molecular flexibility index (Phi) is 6.90. The van der Waals surface area contributed by atoms with E-state index in [9.17, 15) is 0 Å². The van der Waals surface area contributed by atoms with Crippen molar-refractivity contribution in [2.75, 3.05) is 0 Å². The zero-order valence-electron chi connectivity index (χ0n) is 34.1. The third-order valence-electron chi connectivity index (χ3n) is 15.1. The molecular formula is C62H40. The van der Waals surface area contributed by atoms with Gasteiger partial charge in [-0.1, -0.05) is 206 Å². The Morgan fingerprint density at radius 1 is 0.403 bits per heavy atom. The van der Waals surface area contributed by atoms with Gasteiger partial charge in [0.1, 0.15) is 0 Å². The molecule has 0 amide bonds. The summed E-state index contributed by atoms with van der Waals surface area (Å²) >= 11 is 0. The van der Waals surface area contributed by atoms with Crippen molar-refractivity contribution in [1.29, 1.82) is 0 Å². The molecule has 0 N–H and O–H groups in total. The average Bonchev–Trinajstić information content (AvgIpc) is 3.82. The molecular weight excluding hydrogens is 745 g/mol. The maximum absolute atomic E-state index is 2.67. The monoisotopic (exact) mass is 784 g/mol. The number of benzene rings is 10. The zero-order valence-corrected chi connectivity index (χ0v) is 34.1. The highest BCUT2D eigenvalue weighted by molar-refractivity contribution is 6.27. The lowest BCUT2D eigenvalue weighted by Gasteiger charge is -2.40. The van der Waals surface area contributed by atoms with Gasteiger partial charge in [-0.25, -0.2) is 0 Å². The second-order valence-corrected chi connectivity index (χ2v) is 17.7. The predicted octanol–water partition coefficient (Wildman–Crippen LogP) is 15.2. The molecule has 1 atom stereocenters. The molecule has 10 aromatic carbocycles. The van der Waals surface area contributed by atoms with Gasteiger partial charge >= 0.3 is 0 Å². The summed E-state index contributed by atoms with van der Waals surface area (Å²) in [5.74, 6) is 0.283. The molecule has 0 saturated carbocycles. The van der Waals surface area contributed by atoms with E-state index in [0.717, 1.165) is 6.42 Å². The fourth-order valence-electron chi connectivity index (χ4n) is 12.8. The molecule has 0 fully saturated rings. The van der Waals surface area contributed by atoms with Crippen LogP contribution in [0, 0.1) is 0 Å². The molecule has 0 saturated heterocycles. The topological polar surface area (TPSA) is 0 Å². The lowest BCUT2D eigenvalue weighted by Crippen LogP contribution is -2.31. The van der Waals surface area contributed by atoms with Crippen LogP contribution < -0.4 is 0 Å². The van der Waals surface area contributed by atoms with E-state index >= 15 is 0 Å². The smallest absolute Gasteiger partial charge is 0.0719 e. The minimum absolute atomic E-state index is 0.283. The van der Waals surface area contributed by atoms with E-state index in [2.05, 4.69) is 224 Å². The van der Waals surface area contributed by atoms with Crippen molar-refractivity contribution in [3.63, 3.8) is 0 Å². The largest absolute Gasteiger partial charge is 0.0836 e. The Morgan fingerprint density at radius 3 is 1.61 bits per heavy atom. The number of hydrogen-bond donors (Lipinski definition) is 0. The van der Waals surface area contributed by atoms with E-state index < -0.39 is 10.8 Å². The van der Waals surface area contributed by atoms with Crippen molar-refractivity contribution in [3.05, 3.63) is 286 Å². The van der Waals surface area contributed by atoms with E-state index in [1.807, 2.05) is 0 Å². The maximum Gasteiger partial charge on any atom is 0.0719 e. The minimum Gasteiger partial charge on any atom is -0.0836 e. The van der Waals surface area contributed by atoms with Crippen LogP contribution in [0.15, 0.2) is 230 Å². The highest BCUT2D eigenvalue weighted by Crippen LogP contribution is 2.68. The molecule has 0 aliphatic heterocycles. The van der Waals surface area contributed by atoms with Crippen LogP contribution in [0.25, 0.3) is 54.6 Å². The molecule has 288 valence electrons. The quantitative estimate of drug-likeness (QED) is 0.156. The third-order valence-corrected chi connectivity index (χ3v) is 15.1. The lowest BCUT2D eigenvalue weighted by molar-refractivity contribution is 0.766. The standard InChI is InChI=1S/C62H40/c1-5-20-42(21-6-1)61(43-22-7-2-8-23-43)53-38-52-54(37-51(53)58-50-35-34-40-19-17-18-39-32-33-41(36-55(58)61)57(50)56(39)40)62(44-24-9-3-10-25-44,45-26-11-4-12-27-45)60-49-31-16-14-29-47(49)46-28-13-15-30-48(46)59(52)60/h1-27,29-38,46H,28H2. The normalized spacial score (nSPS) is 17.4. The molecule has 0 spiro atoms. The summed E-state index contributed by atoms with van der Waals surface area (Å²) in [6.07, 6.45) is 8.09. The van der Waals surface area contributed by atoms with E-state index in [0.29, 0.717) is 0 Å². The maximum atomic E-state index is 2.67. The van der Waals surface area contributed by atoms with Crippen molar-refractivity contribution in [2.24, 2.45) is 0 Å². The fourth-order valence-corrected chi connectivity index (χ4v) is 12.8. The summed E-state index contributed by atoms with van der Waals surface area (Å²) in [6, 6.07) is 79.0. The summed E-state index contributed by atoms with van der Waals surface area (Å²) in [6.45, 7) is 0. The first kappa shape index (κ1) is 34.2. The summed E-state index contributed by atoms with van der Waals surface area (Å²) in [5, 5.41) is 7.90. The highest BCUT2D eigenvalue weighted by atomic mass is 14.6. The average molecular weight is 785 g/mol. The Bertz CT molecular complexity index is 3470. The fraction of sp³-hybridized carbons (Fsp3) is 0.0645. The van der Waals surface area contributed by atoms with Crippen LogP contribution >= 0.6 is 0 Å². The van der Waals surface area contributed by atoms with Crippen LogP contribution in [-0.2, 0) is 10.8 Å². The van der Waals surface area contributed by atoms with E-state index in [1.165, 1.54) is 116 Å². The minimum atomic E-state index is -0.583. The number of hydrogen-bond acceptors (Lipinski definition) is 0. The van der Waals surface area contributed by atoms with Gasteiger partial charge in [-0.15, -0.1) is 0 Å². The van der Waals surface area contributed by atoms with Crippen molar-refractivity contribution in [3.8, 4) is 11.1 Å². The second-order valence-electron chi connectivity index (χ2n) is 17.7. The van der Waals surface area contributed by atoms with Crippen LogP contribution in [0.2, 0.25) is 0 Å². The van der Waals surface area contributed by atoms with Crippen molar-refractivity contribution < 1.29 is 0 Å². The van der Waals surface area contributed by atoms with Gasteiger partial charge in [0.2, 0.25) is 0 Å². The Hall–Kier alpha value is -7.54. The summed E-state index contributed by atoms with van der Waals surface area (Å²) in [7, 11) is 0. The SMILES string of the molecule is C1=CCC2C(=C1)C1=C(c3ccccc32)C(c2ccccc2)(c2ccccc2)c2cc3c(cc21)C(c1ccccc1)(c1ccccc1)c1cc2ccc4cccc5ccc(c1-3)c2c45. The molecule has 0 aromatic heterocycles. The molecule has 10 aromatic rings. The number of allylic oxidation sites excluding steroid dienone is 6. The number of fused-ring (bicyclic) bond motifs is 11. The molecule has 1 unspecified atom stereocenters. The van der Waals surface area contributed by atoms with Crippen molar-refractivity contribution >= 4 is 43.5 Å². The van der Waals surface area contributed by atoms with Gasteiger partial charge in [0.15, 0.2) is 0 Å². The van der Waals surface area contributed by atoms with Crippen LogP contribution in [0.1, 0.15) is 68.0 Å². The van der Waals surface area contributed by atoms with Gasteiger partial charge in [0.05, 0.1) is 10.8 Å². The first-order valence-corrected chi connectivity index (χ1v) is 22.1. The third kappa shape index (κ3) is 4.17. The van der Waals surface area contributed by atoms with Crippen LogP contribution in [-0.4, -0.2) is 0 Å². The summed E-state index contributed by atoms with van der Waals surface area (Å²) < 4.78 is 0. The predicted molar refractivity (Wildman–Crippen MR) is 258 cm³/mol. The summed E-state index contributed by atoms with van der Waals surface area (Å²) in [5.41, 5.74) is 19.1. The Balaban J connectivity index is 1.22. The first-order valence-electron chi connectivity index (χ1n) is 22.1. The van der Waals surface area contributed by atoms with E-state index in [1.54, 1.807) is 0 Å². The van der Waals surface area contributed by atoms with Crippen LogP contribution in [0.3, 0.4) is 0 Å². The van der Waals surface area contributed by atoms with Crippen LogP contribution in [0.4, 0.5) is 0 Å². The van der Waals surface area contributed by atoms with Gasteiger partial charge in [-0.2, -0.15) is 0 Å². The lowest BCUT2D eigenvalue weighted by atomic mass is 9.62. The molecule has 0 bridgehead atoms. The highest BCUT2D eigenvalue weighted by Gasteiger charge is 2.55. The van der Waals surface area contributed by atoms with Gasteiger partial charge in [0, 0.05) is 5.92 Å². The molecule has 14 rings (SSSR count). The van der Waals surface area contributed by atoms with Crippen molar-refractivity contribution in [2.45, 2.75) is 23.2 Å². The molecule has 0 heterocycles. The second kappa shape index (κ2) is 12.5. The van der Waals surface area contributed by atoms with Gasteiger partial charge in [-0.05, 0) is 140 Å². The molecule has 4 aliphatic rings. The first-order chi connectivity index (χ1) is 30.8. The summed E-state index contributed by atoms with van der Waals surface area (Å²) in [4.78, 5) is 0. The van der Waals surface area contributed by atoms with Gasteiger partial charge < -0.3 is 0 Å². The van der Waals surface area contributed by atoms with Gasteiger partial charge in [0.25, 0.3) is 0 Å². The number of rotatable bonds is 4. The zero-order chi connectivity index (χ0) is 40.6. The molecule has 0 radical (unpaired) electrons. The Morgan fingerprint density at radius 2 is 0.952 bits per heavy atom. The Labute approximate surface area is 361 Å². The molecule has 4 aliphatic carbocycles. The molecule has 0 heteroatoms. The molecule has 0 nitrogen and oxygen atoms in total. The van der Waals surface area contributed by atoms with E-state index in [-0.39, 0.29) is 5.92 Å². The van der Waals surface area contributed by atoms with E-state index in [4.69, 9.17) is 0 Å². The van der Waals surface area contributed by atoms with Crippen molar-refractivity contribution in [1.82, 2.24) is 0 Å².